The molecule has 1 fully saturated rings. The first-order valence-electron chi connectivity index (χ1n) is 14.1. The molecule has 5 nitrogen and oxygen atoms in total. The molecule has 0 aromatic heterocycles. The topological polar surface area (TPSA) is 79.2 Å². The van der Waals surface area contributed by atoms with Gasteiger partial charge in [-0.05, 0) is 71.8 Å². The number of para-hydroxylation sites is 1. The van der Waals surface area contributed by atoms with E-state index in [-0.39, 0.29) is 56.9 Å². The molecule has 37 heavy (non-hydrogen) atoms. The summed E-state index contributed by atoms with van der Waals surface area (Å²) in [5, 5.41) is 30.8. The van der Waals surface area contributed by atoms with Gasteiger partial charge in [0.15, 0.2) is 17.8 Å². The van der Waals surface area contributed by atoms with Crippen molar-refractivity contribution in [2.45, 2.75) is 140 Å². The summed E-state index contributed by atoms with van der Waals surface area (Å²) in [5.74, 6) is -0.345. The van der Waals surface area contributed by atoms with Crippen LogP contribution in [-0.4, -0.2) is 33.6 Å². The van der Waals surface area contributed by atoms with Gasteiger partial charge < -0.3 is 24.8 Å². The molecule has 0 radical (unpaired) electrons. The van der Waals surface area contributed by atoms with Gasteiger partial charge in [0.25, 0.3) is 0 Å². The van der Waals surface area contributed by atoms with E-state index in [1.165, 1.54) is 6.07 Å². The summed E-state index contributed by atoms with van der Waals surface area (Å²) in [4.78, 5) is 0. The predicted octanol–water partition coefficient (Wildman–Crippen LogP) is 8.36. The Morgan fingerprint density at radius 1 is 0.838 bits per heavy atom. The highest BCUT2D eigenvalue weighted by atomic mass is 16.7. The lowest BCUT2D eigenvalue weighted by Gasteiger charge is -2.52. The van der Waals surface area contributed by atoms with Gasteiger partial charge >= 0.3 is 0 Å². The molecule has 0 saturated carbocycles. The van der Waals surface area contributed by atoms with Crippen molar-refractivity contribution in [3.8, 4) is 11.5 Å². The molecular weight excluding hydrogens is 464 g/mol. The lowest BCUT2D eigenvalue weighted by Crippen LogP contribution is -2.50. The fraction of sp³-hybridized carbons (Fsp3) is 0.812. The number of aliphatic hydroxyl groups excluding tert-OH is 1. The number of rotatable bonds is 10. The van der Waals surface area contributed by atoms with Crippen molar-refractivity contribution in [2.75, 3.05) is 0 Å². The van der Waals surface area contributed by atoms with Crippen molar-refractivity contribution in [1.82, 2.24) is 0 Å². The summed E-state index contributed by atoms with van der Waals surface area (Å²) < 4.78 is 13.0. The zero-order chi connectivity index (χ0) is 28.6. The second-order valence-corrected chi connectivity index (χ2v) is 15.4. The van der Waals surface area contributed by atoms with Gasteiger partial charge in [0.05, 0.1) is 23.9 Å². The Hall–Kier alpha value is -1.30. The molecule has 0 bridgehead atoms. The fourth-order valence-electron chi connectivity index (χ4n) is 5.61. The SMILES string of the molecule is CC(O)CC(C)(C)C(C)(C)CCC(C)(C)C(C)(C)C1CC(CC(C)(C)C)OC(c2cccc(O)c2O)O1. The number of hydrogen-bond donors (Lipinski definition) is 3. The van der Waals surface area contributed by atoms with Gasteiger partial charge in [-0.15, -0.1) is 0 Å². The number of benzene rings is 1. The molecule has 3 N–H and O–H groups in total. The second-order valence-electron chi connectivity index (χ2n) is 15.4. The third-order valence-electron chi connectivity index (χ3n) is 9.78. The summed E-state index contributed by atoms with van der Waals surface area (Å²) in [6, 6.07) is 4.95. The molecule has 4 atom stereocenters. The zero-order valence-electron chi connectivity index (χ0n) is 25.7. The van der Waals surface area contributed by atoms with Crippen LogP contribution in [0.2, 0.25) is 0 Å². The van der Waals surface area contributed by atoms with Gasteiger partial charge in [-0.3, -0.25) is 0 Å². The molecule has 1 aromatic carbocycles. The summed E-state index contributed by atoms with van der Waals surface area (Å²) in [6.45, 7) is 27.0. The molecule has 5 heteroatoms. The van der Waals surface area contributed by atoms with E-state index in [1.54, 1.807) is 12.1 Å². The van der Waals surface area contributed by atoms with Crippen molar-refractivity contribution in [3.63, 3.8) is 0 Å². The summed E-state index contributed by atoms with van der Waals surface area (Å²) >= 11 is 0. The quantitative estimate of drug-likeness (QED) is 0.270. The van der Waals surface area contributed by atoms with E-state index in [4.69, 9.17) is 9.47 Å². The highest BCUT2D eigenvalue weighted by Gasteiger charge is 2.49. The Morgan fingerprint density at radius 3 is 1.95 bits per heavy atom. The van der Waals surface area contributed by atoms with E-state index in [0.717, 1.165) is 32.1 Å². The Kier molecular flexibility index (Phi) is 9.54. The minimum Gasteiger partial charge on any atom is -0.504 e. The van der Waals surface area contributed by atoms with E-state index in [1.807, 2.05) is 6.92 Å². The van der Waals surface area contributed by atoms with Crippen molar-refractivity contribution >= 4 is 0 Å². The first-order valence-corrected chi connectivity index (χ1v) is 14.1. The van der Waals surface area contributed by atoms with E-state index >= 15 is 0 Å². The normalized spacial score (nSPS) is 23.2. The predicted molar refractivity (Wildman–Crippen MR) is 152 cm³/mol. The van der Waals surface area contributed by atoms with Crippen LogP contribution in [0.15, 0.2) is 18.2 Å². The van der Waals surface area contributed by atoms with E-state index in [2.05, 4.69) is 76.2 Å². The molecule has 4 unspecified atom stereocenters. The number of phenols is 2. The Morgan fingerprint density at radius 2 is 1.41 bits per heavy atom. The van der Waals surface area contributed by atoms with Crippen LogP contribution in [0.1, 0.15) is 127 Å². The lowest BCUT2D eigenvalue weighted by atomic mass is 9.57. The zero-order valence-corrected chi connectivity index (χ0v) is 25.7. The summed E-state index contributed by atoms with van der Waals surface area (Å²) in [6.07, 6.45) is 3.30. The third-order valence-corrected chi connectivity index (χ3v) is 9.78. The fourth-order valence-corrected chi connectivity index (χ4v) is 5.61. The molecule has 1 heterocycles. The number of aromatic hydroxyl groups is 2. The van der Waals surface area contributed by atoms with Crippen LogP contribution >= 0.6 is 0 Å². The smallest absolute Gasteiger partial charge is 0.188 e. The maximum Gasteiger partial charge on any atom is 0.188 e. The minimum atomic E-state index is -0.741. The van der Waals surface area contributed by atoms with Crippen LogP contribution in [-0.2, 0) is 9.47 Å². The molecular formula is C32H56O5. The number of ether oxygens (including phenoxy) is 2. The summed E-state index contributed by atoms with van der Waals surface area (Å²) in [5.41, 5.74) is 0.368. The van der Waals surface area contributed by atoms with Crippen LogP contribution in [0.3, 0.4) is 0 Å². The number of hydrogen-bond acceptors (Lipinski definition) is 5. The number of aliphatic hydroxyl groups is 1. The monoisotopic (exact) mass is 520 g/mol. The van der Waals surface area contributed by atoms with Gasteiger partial charge in [-0.25, -0.2) is 0 Å². The van der Waals surface area contributed by atoms with Crippen LogP contribution in [0.4, 0.5) is 0 Å². The third kappa shape index (κ3) is 7.64. The largest absolute Gasteiger partial charge is 0.504 e. The van der Waals surface area contributed by atoms with Gasteiger partial charge in [0.1, 0.15) is 0 Å². The maximum atomic E-state index is 10.6. The average molecular weight is 521 g/mol. The van der Waals surface area contributed by atoms with Gasteiger partial charge in [-0.1, -0.05) is 82.2 Å². The molecule has 1 saturated heterocycles. The van der Waals surface area contributed by atoms with Crippen molar-refractivity contribution in [1.29, 1.82) is 0 Å². The van der Waals surface area contributed by atoms with E-state index < -0.39 is 6.29 Å². The lowest BCUT2D eigenvalue weighted by molar-refractivity contribution is -0.283. The molecule has 0 aliphatic carbocycles. The molecule has 1 aromatic rings. The van der Waals surface area contributed by atoms with Gasteiger partial charge in [0.2, 0.25) is 0 Å². The molecule has 214 valence electrons. The average Bonchev–Trinajstić information content (AvgIpc) is 2.71. The maximum absolute atomic E-state index is 10.6. The van der Waals surface area contributed by atoms with Crippen molar-refractivity contribution in [2.24, 2.45) is 27.1 Å². The molecule has 0 spiro atoms. The van der Waals surface area contributed by atoms with Crippen molar-refractivity contribution < 1.29 is 24.8 Å². The standard InChI is InChI=1S/C32H56O5/c1-21(33)19-31(9,10)29(5,6)16-17-30(7,8)32(11,12)25-18-22(20-28(2,3)4)36-27(37-25)23-14-13-15-24(34)26(23)35/h13-15,21-22,25,27,33-35H,16-20H2,1-12H3. The highest BCUT2D eigenvalue weighted by Crippen LogP contribution is 2.54. The minimum absolute atomic E-state index is 0.00626. The van der Waals surface area contributed by atoms with Crippen LogP contribution in [0, 0.1) is 27.1 Å². The first kappa shape index (κ1) is 31.9. The van der Waals surface area contributed by atoms with Crippen LogP contribution in [0.25, 0.3) is 0 Å². The molecule has 0 amide bonds. The molecule has 1 aliphatic heterocycles. The Labute approximate surface area is 227 Å². The summed E-state index contributed by atoms with van der Waals surface area (Å²) in [7, 11) is 0. The van der Waals surface area contributed by atoms with Gasteiger partial charge in [-0.2, -0.15) is 0 Å². The van der Waals surface area contributed by atoms with Gasteiger partial charge in [0, 0.05) is 6.42 Å². The Bertz CT molecular complexity index is 891. The first-order chi connectivity index (χ1) is 16.6. The van der Waals surface area contributed by atoms with E-state index in [0.29, 0.717) is 5.56 Å². The second kappa shape index (κ2) is 11.1. The van der Waals surface area contributed by atoms with E-state index in [9.17, 15) is 15.3 Å². The van der Waals surface area contributed by atoms with Crippen LogP contribution in [0.5, 0.6) is 11.5 Å². The highest BCUT2D eigenvalue weighted by molar-refractivity contribution is 5.45. The molecule has 2 rings (SSSR count). The molecule has 1 aliphatic rings. The number of phenolic OH excluding ortho intramolecular Hbond substituents is 2. The van der Waals surface area contributed by atoms with Crippen molar-refractivity contribution in [3.05, 3.63) is 23.8 Å². The Balaban J connectivity index is 2.33. The van der Waals surface area contributed by atoms with Crippen LogP contribution < -0.4 is 0 Å².